The van der Waals surface area contributed by atoms with Crippen molar-refractivity contribution in [1.82, 2.24) is 0 Å². The van der Waals surface area contributed by atoms with E-state index in [9.17, 15) is 24.6 Å². The Morgan fingerprint density at radius 3 is 2.00 bits per heavy atom. The fourth-order valence-corrected chi connectivity index (χ4v) is 1.89. The fraction of sp³-hybridized carbons (Fsp3) is 0.154. The Hall–Kier alpha value is -2.71. The first kappa shape index (κ1) is 14.7. The number of aliphatic hydroxyl groups excluding tert-OH is 2. The summed E-state index contributed by atoms with van der Waals surface area (Å²) in [6.45, 7) is 0. The Bertz CT molecular complexity index is 775. The van der Waals surface area contributed by atoms with Crippen LogP contribution in [0.25, 0.3) is 11.0 Å². The van der Waals surface area contributed by atoms with E-state index in [0.29, 0.717) is 0 Å². The quantitative estimate of drug-likeness (QED) is 0.578. The second-order valence-corrected chi connectivity index (χ2v) is 4.25. The van der Waals surface area contributed by atoms with Gasteiger partial charge in [-0.15, -0.1) is 0 Å². The van der Waals surface area contributed by atoms with E-state index >= 15 is 0 Å². The SMILES string of the molecule is O=C(O)C(O)c1cc2ccc(=O)oc2cc1C(O)C(=O)O. The second-order valence-electron chi connectivity index (χ2n) is 4.25. The molecule has 1 heterocycles. The van der Waals surface area contributed by atoms with Gasteiger partial charge in [-0.2, -0.15) is 0 Å². The average Bonchev–Trinajstić information content (AvgIpc) is 2.43. The molecule has 4 N–H and O–H groups in total. The largest absolute Gasteiger partial charge is 0.479 e. The van der Waals surface area contributed by atoms with Crippen LogP contribution in [0.5, 0.6) is 0 Å². The molecule has 8 nitrogen and oxygen atoms in total. The number of carbonyl (C=O) groups is 2. The summed E-state index contributed by atoms with van der Waals surface area (Å²) in [5.41, 5.74) is -1.37. The molecule has 0 aliphatic rings. The molecular weight excluding hydrogens is 284 g/mol. The number of aliphatic hydroxyl groups is 2. The highest BCUT2D eigenvalue weighted by Gasteiger charge is 2.27. The molecule has 2 rings (SSSR count). The highest BCUT2D eigenvalue weighted by Crippen LogP contribution is 2.29. The number of aliphatic carboxylic acids is 2. The molecule has 1 aromatic heterocycles. The van der Waals surface area contributed by atoms with Crippen molar-refractivity contribution in [3.8, 4) is 0 Å². The number of carboxylic acid groups (broad SMARTS) is 2. The molecule has 1 aromatic carbocycles. The van der Waals surface area contributed by atoms with E-state index in [1.807, 2.05) is 0 Å². The van der Waals surface area contributed by atoms with Gasteiger partial charge in [-0.25, -0.2) is 14.4 Å². The molecule has 0 saturated heterocycles. The number of carboxylic acids is 2. The maximum atomic E-state index is 11.1. The highest BCUT2D eigenvalue weighted by molar-refractivity contribution is 5.85. The van der Waals surface area contributed by atoms with Crippen molar-refractivity contribution in [3.63, 3.8) is 0 Å². The molecule has 0 bridgehead atoms. The summed E-state index contributed by atoms with van der Waals surface area (Å²) in [4.78, 5) is 32.9. The number of fused-ring (bicyclic) bond motifs is 1. The molecule has 2 atom stereocenters. The number of rotatable bonds is 4. The summed E-state index contributed by atoms with van der Waals surface area (Å²) >= 11 is 0. The standard InChI is InChI=1S/C13H10O8/c14-9-2-1-5-3-6(10(15)12(17)18)7(4-8(5)21-9)11(16)13(19)20/h1-4,10-11,15-16H,(H,17,18)(H,19,20). The molecule has 2 unspecified atom stereocenters. The molecule has 0 amide bonds. The van der Waals surface area contributed by atoms with Gasteiger partial charge in [0, 0.05) is 17.0 Å². The first-order valence-corrected chi connectivity index (χ1v) is 5.70. The van der Waals surface area contributed by atoms with Crippen LogP contribution in [0.2, 0.25) is 0 Å². The van der Waals surface area contributed by atoms with Gasteiger partial charge in [0.1, 0.15) is 5.58 Å². The first-order chi connectivity index (χ1) is 9.81. The van der Waals surface area contributed by atoms with E-state index in [0.717, 1.165) is 18.2 Å². The van der Waals surface area contributed by atoms with Crippen molar-refractivity contribution < 1.29 is 34.4 Å². The zero-order valence-corrected chi connectivity index (χ0v) is 10.4. The Kier molecular flexibility index (Phi) is 3.74. The third kappa shape index (κ3) is 2.76. The normalized spacial score (nSPS) is 13.8. The van der Waals surface area contributed by atoms with Crippen LogP contribution in [0.4, 0.5) is 0 Å². The van der Waals surface area contributed by atoms with E-state index in [1.54, 1.807) is 0 Å². The van der Waals surface area contributed by atoms with Crippen molar-refractivity contribution >= 4 is 22.9 Å². The Balaban J connectivity index is 2.76. The van der Waals surface area contributed by atoms with Gasteiger partial charge in [-0.3, -0.25) is 0 Å². The zero-order valence-electron chi connectivity index (χ0n) is 10.4. The molecule has 8 heteroatoms. The molecule has 2 aromatic rings. The smallest absolute Gasteiger partial charge is 0.337 e. The molecule has 21 heavy (non-hydrogen) atoms. The van der Waals surface area contributed by atoms with Gasteiger partial charge in [0.05, 0.1) is 0 Å². The number of hydrogen-bond acceptors (Lipinski definition) is 6. The summed E-state index contributed by atoms with van der Waals surface area (Å²) < 4.78 is 4.84. The second kappa shape index (κ2) is 5.35. The number of benzene rings is 1. The minimum atomic E-state index is -2.07. The van der Waals surface area contributed by atoms with E-state index in [4.69, 9.17) is 14.6 Å². The molecule has 110 valence electrons. The van der Waals surface area contributed by atoms with Gasteiger partial charge >= 0.3 is 17.6 Å². The molecule has 0 spiro atoms. The minimum absolute atomic E-state index is 0.0286. The van der Waals surface area contributed by atoms with Gasteiger partial charge < -0.3 is 24.8 Å². The first-order valence-electron chi connectivity index (χ1n) is 5.70. The van der Waals surface area contributed by atoms with Crippen LogP contribution < -0.4 is 5.63 Å². The van der Waals surface area contributed by atoms with Crippen molar-refractivity contribution in [2.24, 2.45) is 0 Å². The van der Waals surface area contributed by atoms with Crippen LogP contribution in [-0.2, 0) is 9.59 Å². The predicted molar refractivity (Wildman–Crippen MR) is 67.7 cm³/mol. The van der Waals surface area contributed by atoms with Crippen molar-refractivity contribution in [3.05, 3.63) is 45.8 Å². The van der Waals surface area contributed by atoms with E-state index < -0.39 is 29.8 Å². The fourth-order valence-electron chi connectivity index (χ4n) is 1.89. The van der Waals surface area contributed by atoms with Crippen LogP contribution in [0.3, 0.4) is 0 Å². The molecule has 0 fully saturated rings. The van der Waals surface area contributed by atoms with Gasteiger partial charge in [0.2, 0.25) is 0 Å². The average molecular weight is 294 g/mol. The third-order valence-corrected chi connectivity index (χ3v) is 2.88. The van der Waals surface area contributed by atoms with E-state index in [-0.39, 0.29) is 22.1 Å². The Labute approximate surface area is 116 Å². The highest BCUT2D eigenvalue weighted by atomic mass is 16.4. The summed E-state index contributed by atoms with van der Waals surface area (Å²) in [5.74, 6) is -3.24. The minimum Gasteiger partial charge on any atom is -0.479 e. The van der Waals surface area contributed by atoms with Crippen LogP contribution in [0, 0.1) is 0 Å². The summed E-state index contributed by atoms with van der Waals surface area (Å²) in [5, 5.41) is 37.2. The van der Waals surface area contributed by atoms with Crippen molar-refractivity contribution in [2.75, 3.05) is 0 Å². The summed E-state index contributed by atoms with van der Waals surface area (Å²) in [6.07, 6.45) is -4.09. The van der Waals surface area contributed by atoms with Gasteiger partial charge in [0.25, 0.3) is 0 Å². The molecular formula is C13H10O8. The monoisotopic (exact) mass is 294 g/mol. The van der Waals surface area contributed by atoms with E-state index in [1.165, 1.54) is 6.07 Å². The lowest BCUT2D eigenvalue weighted by molar-refractivity contribution is -0.149. The lowest BCUT2D eigenvalue weighted by Crippen LogP contribution is -2.18. The lowest BCUT2D eigenvalue weighted by atomic mass is 9.96. The van der Waals surface area contributed by atoms with Crippen molar-refractivity contribution in [2.45, 2.75) is 12.2 Å². The maximum absolute atomic E-state index is 11.1. The summed E-state index contributed by atoms with van der Waals surface area (Å²) in [7, 11) is 0. The maximum Gasteiger partial charge on any atom is 0.337 e. The van der Waals surface area contributed by atoms with Crippen molar-refractivity contribution in [1.29, 1.82) is 0 Å². The van der Waals surface area contributed by atoms with Crippen LogP contribution in [0.15, 0.2) is 33.5 Å². The van der Waals surface area contributed by atoms with Gasteiger partial charge in [-0.05, 0) is 23.8 Å². The summed E-state index contributed by atoms with van der Waals surface area (Å²) in [6, 6.07) is 4.60. The molecule has 0 aliphatic heterocycles. The Morgan fingerprint density at radius 1 is 0.952 bits per heavy atom. The van der Waals surface area contributed by atoms with Gasteiger partial charge in [0.15, 0.2) is 12.2 Å². The van der Waals surface area contributed by atoms with Gasteiger partial charge in [-0.1, -0.05) is 0 Å². The lowest BCUT2D eigenvalue weighted by Gasteiger charge is -2.15. The zero-order chi connectivity index (χ0) is 15.7. The van der Waals surface area contributed by atoms with Crippen LogP contribution >= 0.6 is 0 Å². The van der Waals surface area contributed by atoms with E-state index in [2.05, 4.69) is 0 Å². The topological polar surface area (TPSA) is 145 Å². The number of hydrogen-bond donors (Lipinski definition) is 4. The van der Waals surface area contributed by atoms with Crippen LogP contribution in [-0.4, -0.2) is 32.4 Å². The molecule has 0 aliphatic carbocycles. The predicted octanol–water partition coefficient (Wildman–Crippen LogP) is 0.0290. The Morgan fingerprint density at radius 2 is 1.48 bits per heavy atom. The molecule has 0 saturated carbocycles. The third-order valence-electron chi connectivity index (χ3n) is 2.88. The molecule has 0 radical (unpaired) electrons. The van der Waals surface area contributed by atoms with Crippen LogP contribution in [0.1, 0.15) is 23.3 Å².